The third kappa shape index (κ3) is 4.86. The highest BCUT2D eigenvalue weighted by Crippen LogP contribution is 2.31. The fourth-order valence-corrected chi connectivity index (χ4v) is 1.61. The largest absolute Gasteiger partial charge is 0.465 e. The highest BCUT2D eigenvalue weighted by molar-refractivity contribution is 6.00. The maximum absolute atomic E-state index is 12.8. The van der Waals surface area contributed by atoms with Crippen LogP contribution in [0, 0.1) is 5.41 Å². The van der Waals surface area contributed by atoms with Crippen molar-refractivity contribution in [3.63, 3.8) is 0 Å². The van der Waals surface area contributed by atoms with Gasteiger partial charge in [-0.05, 0) is 19.3 Å². The summed E-state index contributed by atoms with van der Waals surface area (Å²) in [5.41, 5.74) is -1.74. The van der Waals surface area contributed by atoms with Crippen molar-refractivity contribution in [2.75, 3.05) is 13.2 Å². The summed E-state index contributed by atoms with van der Waals surface area (Å²) in [4.78, 5) is 23.8. The summed E-state index contributed by atoms with van der Waals surface area (Å²) in [6.45, 7) is 3.02. The minimum absolute atomic E-state index is 0.0366. The Morgan fingerprint density at radius 1 is 1.00 bits per heavy atom. The highest BCUT2D eigenvalue weighted by Gasteiger charge is 2.48. The second-order valence-corrected chi connectivity index (χ2v) is 4.56. The molecule has 0 radical (unpaired) electrons. The lowest BCUT2D eigenvalue weighted by molar-refractivity contribution is -0.192. The van der Waals surface area contributed by atoms with E-state index >= 15 is 0 Å². The molecule has 124 valence electrons. The summed E-state index contributed by atoms with van der Waals surface area (Å²) >= 11 is 0. The van der Waals surface area contributed by atoms with E-state index in [4.69, 9.17) is 4.74 Å². The summed E-state index contributed by atoms with van der Waals surface area (Å²) in [6.07, 6.45) is -3.50. The van der Waals surface area contributed by atoms with E-state index in [2.05, 4.69) is 4.74 Å². The number of carbonyl (C=O) groups excluding carboxylic acids is 2. The third-order valence-electron chi connectivity index (χ3n) is 3.14. The molecule has 0 spiro atoms. The molecule has 0 heterocycles. The minimum atomic E-state index is -4.45. The van der Waals surface area contributed by atoms with Crippen LogP contribution >= 0.6 is 0 Å². The molecule has 0 aliphatic heterocycles. The van der Waals surface area contributed by atoms with E-state index in [0.29, 0.717) is 6.42 Å². The van der Waals surface area contributed by atoms with Crippen molar-refractivity contribution in [2.45, 2.75) is 52.4 Å². The van der Waals surface area contributed by atoms with Crippen LogP contribution in [0.15, 0.2) is 0 Å². The first-order valence-electron chi connectivity index (χ1n) is 6.68. The summed E-state index contributed by atoms with van der Waals surface area (Å²) in [7, 11) is 0. The first-order valence-corrected chi connectivity index (χ1v) is 6.68. The topological polar surface area (TPSA) is 52.6 Å². The van der Waals surface area contributed by atoms with Crippen molar-refractivity contribution in [1.82, 2.24) is 0 Å². The van der Waals surface area contributed by atoms with Crippen LogP contribution in [0.5, 0.6) is 0 Å². The molecule has 21 heavy (non-hydrogen) atoms. The van der Waals surface area contributed by atoms with Gasteiger partial charge in [0.15, 0.2) is 12.0 Å². The Kier molecular flexibility index (Phi) is 7.67. The maximum Gasteiger partial charge on any atom is 0.340 e. The molecule has 0 unspecified atom stereocenters. The van der Waals surface area contributed by atoms with Gasteiger partial charge in [0.1, 0.15) is 0 Å². The number of halogens is 4. The van der Waals surface area contributed by atoms with Crippen molar-refractivity contribution in [3.05, 3.63) is 0 Å². The monoisotopic (exact) mass is 316 g/mol. The standard InChI is InChI=1S/C13H20F4O4/c1-4-7-20-10(18)12(5-2,6-3)11(19)21-8-13(16,17)9(14)15/h9H,4-8H2,1-3H3. The third-order valence-corrected chi connectivity index (χ3v) is 3.14. The van der Waals surface area contributed by atoms with Gasteiger partial charge in [-0.1, -0.05) is 20.8 Å². The fourth-order valence-electron chi connectivity index (χ4n) is 1.61. The first-order chi connectivity index (χ1) is 9.67. The van der Waals surface area contributed by atoms with Crippen LogP contribution in [-0.2, 0) is 19.1 Å². The smallest absolute Gasteiger partial charge is 0.340 e. The van der Waals surface area contributed by atoms with Gasteiger partial charge in [-0.3, -0.25) is 9.59 Å². The second-order valence-electron chi connectivity index (χ2n) is 4.56. The zero-order valence-corrected chi connectivity index (χ0v) is 12.3. The van der Waals surface area contributed by atoms with Crippen molar-refractivity contribution in [2.24, 2.45) is 5.41 Å². The number of ether oxygens (including phenoxy) is 2. The number of hydrogen-bond acceptors (Lipinski definition) is 4. The van der Waals surface area contributed by atoms with E-state index < -0.39 is 36.3 Å². The molecule has 0 fully saturated rings. The molecule has 0 aromatic carbocycles. The van der Waals surface area contributed by atoms with Crippen molar-refractivity contribution >= 4 is 11.9 Å². The number of alkyl halides is 4. The summed E-state index contributed by atoms with van der Waals surface area (Å²) in [5.74, 6) is -6.61. The average molecular weight is 316 g/mol. The molecule has 0 amide bonds. The minimum Gasteiger partial charge on any atom is -0.465 e. The van der Waals surface area contributed by atoms with E-state index in [9.17, 15) is 27.2 Å². The Morgan fingerprint density at radius 2 is 1.48 bits per heavy atom. The maximum atomic E-state index is 12.8. The Morgan fingerprint density at radius 3 is 1.86 bits per heavy atom. The van der Waals surface area contributed by atoms with Gasteiger partial charge < -0.3 is 9.47 Å². The van der Waals surface area contributed by atoms with E-state index in [1.165, 1.54) is 13.8 Å². The highest BCUT2D eigenvalue weighted by atomic mass is 19.3. The number of rotatable bonds is 9. The molecule has 0 aliphatic carbocycles. The van der Waals surface area contributed by atoms with Crippen LogP contribution in [0.4, 0.5) is 17.6 Å². The predicted molar refractivity (Wildman–Crippen MR) is 66.2 cm³/mol. The van der Waals surface area contributed by atoms with E-state index in [1.54, 1.807) is 6.92 Å². The van der Waals surface area contributed by atoms with Crippen molar-refractivity contribution in [3.8, 4) is 0 Å². The molecular weight excluding hydrogens is 296 g/mol. The van der Waals surface area contributed by atoms with E-state index in [-0.39, 0.29) is 19.4 Å². The lowest BCUT2D eigenvalue weighted by Crippen LogP contribution is -2.43. The van der Waals surface area contributed by atoms with Crippen LogP contribution in [0.25, 0.3) is 0 Å². The first kappa shape index (κ1) is 19.7. The Hall–Kier alpha value is -1.34. The van der Waals surface area contributed by atoms with Gasteiger partial charge in [0.25, 0.3) is 0 Å². The van der Waals surface area contributed by atoms with Gasteiger partial charge >= 0.3 is 24.3 Å². The number of hydrogen-bond donors (Lipinski definition) is 0. The van der Waals surface area contributed by atoms with Gasteiger partial charge in [0, 0.05) is 0 Å². The molecule has 0 saturated carbocycles. The molecule has 0 saturated heterocycles. The molecule has 0 aromatic rings. The molecule has 4 nitrogen and oxygen atoms in total. The number of carbonyl (C=O) groups is 2. The van der Waals surface area contributed by atoms with Gasteiger partial charge in [0.05, 0.1) is 6.61 Å². The van der Waals surface area contributed by atoms with Crippen molar-refractivity contribution in [1.29, 1.82) is 0 Å². The summed E-state index contributed by atoms with van der Waals surface area (Å²) < 4.78 is 58.7. The van der Waals surface area contributed by atoms with Crippen LogP contribution in [0.3, 0.4) is 0 Å². The Balaban J connectivity index is 4.95. The molecule has 0 N–H and O–H groups in total. The molecule has 0 bridgehead atoms. The van der Waals surface area contributed by atoms with E-state index in [1.807, 2.05) is 0 Å². The fraction of sp³-hybridized carbons (Fsp3) is 0.846. The quantitative estimate of drug-likeness (QED) is 0.372. The zero-order chi connectivity index (χ0) is 16.7. The number of esters is 2. The van der Waals surface area contributed by atoms with E-state index in [0.717, 1.165) is 0 Å². The Labute approximate surface area is 120 Å². The average Bonchev–Trinajstić information content (AvgIpc) is 2.44. The normalized spacial score (nSPS) is 12.4. The van der Waals surface area contributed by atoms with Crippen LogP contribution in [0.2, 0.25) is 0 Å². The van der Waals surface area contributed by atoms with Gasteiger partial charge in [-0.25, -0.2) is 8.78 Å². The molecule has 0 atom stereocenters. The molecule has 0 aliphatic rings. The predicted octanol–water partition coefficient (Wildman–Crippen LogP) is 3.19. The second kappa shape index (κ2) is 8.19. The molecular formula is C13H20F4O4. The SMILES string of the molecule is CCCOC(=O)C(CC)(CC)C(=O)OCC(F)(F)C(F)F. The van der Waals surface area contributed by atoms with Crippen molar-refractivity contribution < 1.29 is 36.6 Å². The van der Waals surface area contributed by atoms with Gasteiger partial charge in [0.2, 0.25) is 0 Å². The van der Waals surface area contributed by atoms with Gasteiger partial charge in [-0.2, -0.15) is 8.78 Å². The van der Waals surface area contributed by atoms with Crippen LogP contribution in [-0.4, -0.2) is 37.5 Å². The molecule has 0 aromatic heterocycles. The lowest BCUT2D eigenvalue weighted by Gasteiger charge is -2.27. The summed E-state index contributed by atoms with van der Waals surface area (Å²) in [5, 5.41) is 0. The summed E-state index contributed by atoms with van der Waals surface area (Å²) in [6, 6.07) is 0. The Bertz CT molecular complexity index is 354. The van der Waals surface area contributed by atoms with Crippen LogP contribution < -0.4 is 0 Å². The van der Waals surface area contributed by atoms with Crippen LogP contribution in [0.1, 0.15) is 40.0 Å². The zero-order valence-electron chi connectivity index (χ0n) is 12.3. The molecule has 0 rings (SSSR count). The molecule has 8 heteroatoms. The van der Waals surface area contributed by atoms with Gasteiger partial charge in [-0.15, -0.1) is 0 Å². The lowest BCUT2D eigenvalue weighted by atomic mass is 9.82.